The predicted octanol–water partition coefficient (Wildman–Crippen LogP) is 4.53. The predicted molar refractivity (Wildman–Crippen MR) is 141 cm³/mol. The maximum absolute atomic E-state index is 13.6. The van der Waals surface area contributed by atoms with E-state index in [4.69, 9.17) is 4.42 Å². The van der Waals surface area contributed by atoms with Gasteiger partial charge < -0.3 is 15.1 Å². The summed E-state index contributed by atoms with van der Waals surface area (Å²) in [5.74, 6) is -2.07. The number of halogens is 4. The summed E-state index contributed by atoms with van der Waals surface area (Å²) in [6.45, 7) is 0. The molecule has 3 aromatic rings. The number of hydrogen-bond acceptors (Lipinski definition) is 5. The monoisotopic (exact) mass is 566 g/mol. The van der Waals surface area contributed by atoms with Gasteiger partial charge in [-0.2, -0.15) is 18.4 Å². The van der Waals surface area contributed by atoms with Crippen LogP contribution < -0.4 is 21.4 Å². The van der Waals surface area contributed by atoms with Gasteiger partial charge in [-0.15, -0.1) is 0 Å². The van der Waals surface area contributed by atoms with Gasteiger partial charge in [-0.05, 0) is 67.6 Å². The Morgan fingerprint density at radius 3 is 2.49 bits per heavy atom. The molecule has 0 spiro atoms. The summed E-state index contributed by atoms with van der Waals surface area (Å²) >= 11 is 0. The zero-order valence-corrected chi connectivity index (χ0v) is 22.0. The number of rotatable bonds is 7. The van der Waals surface area contributed by atoms with Crippen molar-refractivity contribution in [3.05, 3.63) is 81.8 Å². The smallest absolute Gasteiger partial charge is 0.389 e. The van der Waals surface area contributed by atoms with Crippen molar-refractivity contribution in [1.82, 2.24) is 10.6 Å². The van der Waals surface area contributed by atoms with E-state index in [1.165, 1.54) is 31.3 Å². The number of nitrogens with one attached hydrogen (secondary N) is 2. The first-order valence-electron chi connectivity index (χ1n) is 13.1. The average Bonchev–Trinajstić information content (AvgIpc) is 3.31. The van der Waals surface area contributed by atoms with Crippen molar-refractivity contribution in [1.29, 1.82) is 5.26 Å². The highest BCUT2D eigenvalue weighted by Crippen LogP contribution is 2.34. The van der Waals surface area contributed by atoms with E-state index in [-0.39, 0.29) is 28.9 Å². The maximum atomic E-state index is 13.6. The Bertz CT molecular complexity index is 1650. The molecule has 0 bridgehead atoms. The molecule has 2 aliphatic rings. The zero-order valence-electron chi connectivity index (χ0n) is 22.0. The van der Waals surface area contributed by atoms with E-state index in [2.05, 4.69) is 21.7 Å². The lowest BCUT2D eigenvalue weighted by Gasteiger charge is -2.35. The van der Waals surface area contributed by atoms with Crippen molar-refractivity contribution in [2.24, 2.45) is 4.99 Å². The molecule has 0 radical (unpaired) electrons. The molecule has 1 saturated carbocycles. The van der Waals surface area contributed by atoms with Crippen molar-refractivity contribution in [3.63, 3.8) is 0 Å². The maximum Gasteiger partial charge on any atom is 0.389 e. The van der Waals surface area contributed by atoms with Crippen molar-refractivity contribution in [2.45, 2.75) is 55.8 Å². The number of nitriles is 1. The van der Waals surface area contributed by atoms with Crippen LogP contribution in [0.5, 0.6) is 0 Å². The van der Waals surface area contributed by atoms with Gasteiger partial charge in [-0.1, -0.05) is 18.2 Å². The summed E-state index contributed by atoms with van der Waals surface area (Å²) in [5, 5.41) is 15.1. The van der Waals surface area contributed by atoms with Gasteiger partial charge >= 0.3 is 6.18 Å². The summed E-state index contributed by atoms with van der Waals surface area (Å²) in [6.07, 6.45) is -2.32. The number of nitrogens with zero attached hydrogens (tertiary/aromatic N) is 2. The third-order valence-corrected chi connectivity index (χ3v) is 7.56. The van der Waals surface area contributed by atoms with E-state index in [1.807, 2.05) is 0 Å². The van der Waals surface area contributed by atoms with Gasteiger partial charge in [-0.25, -0.2) is 9.38 Å². The molecule has 1 fully saturated rings. The van der Waals surface area contributed by atoms with Crippen molar-refractivity contribution >= 4 is 17.9 Å². The fourth-order valence-corrected chi connectivity index (χ4v) is 5.20. The van der Waals surface area contributed by atoms with E-state index >= 15 is 0 Å². The van der Waals surface area contributed by atoms with E-state index in [9.17, 15) is 32.4 Å². The first kappa shape index (κ1) is 28.1. The second-order valence-electron chi connectivity index (χ2n) is 10.3. The van der Waals surface area contributed by atoms with Gasteiger partial charge in [0.1, 0.15) is 17.1 Å². The molecule has 2 unspecified atom stereocenters. The molecule has 41 heavy (non-hydrogen) atoms. The minimum atomic E-state index is -4.42. The highest BCUT2D eigenvalue weighted by molar-refractivity contribution is 6.00. The highest BCUT2D eigenvalue weighted by atomic mass is 19.4. The molecule has 7 nitrogen and oxygen atoms in total. The second kappa shape index (κ2) is 10.8. The van der Waals surface area contributed by atoms with Crippen LogP contribution in [-0.2, 0) is 0 Å². The minimum Gasteiger partial charge on any atom is -0.437 e. The molecule has 11 heteroatoms. The van der Waals surface area contributed by atoms with Gasteiger partial charge in [0.05, 0.1) is 22.9 Å². The Kier molecular flexibility index (Phi) is 7.43. The molecule has 1 aliphatic heterocycles. The number of amides is 2. The van der Waals surface area contributed by atoms with E-state index < -0.39 is 47.7 Å². The number of fused-ring (bicyclic) bond motifs is 1. The van der Waals surface area contributed by atoms with Crippen molar-refractivity contribution in [3.8, 4) is 17.4 Å². The van der Waals surface area contributed by atoms with Gasteiger partial charge in [0.15, 0.2) is 0 Å². The quantitative estimate of drug-likeness (QED) is 0.410. The van der Waals surface area contributed by atoms with Gasteiger partial charge in [-0.3, -0.25) is 9.59 Å². The number of carbonyl (C=O) groups excluding carboxylic acids is 2. The molecule has 2 N–H and O–H groups in total. The van der Waals surface area contributed by atoms with E-state index in [0.717, 1.165) is 6.42 Å². The second-order valence-corrected chi connectivity index (χ2v) is 10.3. The van der Waals surface area contributed by atoms with E-state index in [1.54, 1.807) is 30.3 Å². The van der Waals surface area contributed by atoms with Crippen LogP contribution in [0.25, 0.3) is 17.4 Å². The molecule has 2 aromatic carbocycles. The highest BCUT2D eigenvalue weighted by Gasteiger charge is 2.39. The van der Waals surface area contributed by atoms with Crippen LogP contribution in [0.15, 0.2) is 57.9 Å². The zero-order chi connectivity index (χ0) is 29.4. The Labute approximate surface area is 232 Å². The molecule has 1 aliphatic carbocycles. The third kappa shape index (κ3) is 5.73. The average molecular weight is 567 g/mol. The summed E-state index contributed by atoms with van der Waals surface area (Å²) in [7, 11) is 1.43. The molecule has 0 saturated heterocycles. The lowest BCUT2D eigenvalue weighted by Crippen LogP contribution is -2.52. The van der Waals surface area contributed by atoms with Crippen molar-refractivity contribution in [2.75, 3.05) is 7.05 Å². The molecule has 5 rings (SSSR count). The van der Waals surface area contributed by atoms with Crippen LogP contribution in [-0.4, -0.2) is 36.6 Å². The van der Waals surface area contributed by atoms with Gasteiger partial charge in [0.25, 0.3) is 11.8 Å². The van der Waals surface area contributed by atoms with E-state index in [0.29, 0.717) is 29.2 Å². The Hall–Kier alpha value is -4.46. The van der Waals surface area contributed by atoms with Crippen LogP contribution in [0.4, 0.5) is 17.6 Å². The lowest BCUT2D eigenvalue weighted by atomic mass is 9.78. The fraction of sp³-hybridized carbons (Fsp3) is 0.333. The lowest BCUT2D eigenvalue weighted by molar-refractivity contribution is -0.136. The van der Waals surface area contributed by atoms with Gasteiger partial charge in [0, 0.05) is 30.5 Å². The molecule has 2 amide bonds. The van der Waals surface area contributed by atoms with Crippen molar-refractivity contribution < 1.29 is 31.6 Å². The molecular formula is C30H26F4N4O3. The largest absolute Gasteiger partial charge is 0.437 e. The SMILES string of the molecule is CNC(=O)c1c(-c2ccc(F)cc2)oc2c1=CC(c1cccc(C(=O)NC3(C#N)CCC3)c1)C(CCC(F)(F)F)N=2. The molecular weight excluding hydrogens is 540 g/mol. The molecule has 212 valence electrons. The Morgan fingerprint density at radius 2 is 1.88 bits per heavy atom. The number of hydrogen-bond donors (Lipinski definition) is 2. The van der Waals surface area contributed by atoms with Crippen LogP contribution in [0.3, 0.4) is 0 Å². The number of benzene rings is 2. The van der Waals surface area contributed by atoms with Crippen LogP contribution in [0.2, 0.25) is 0 Å². The number of carbonyl (C=O) groups is 2. The normalized spacial score (nSPS) is 19.0. The standard InChI is InChI=1S/C30H26F4N4O3/c1-36-27(40)24-22-15-21(18-4-2-5-19(14-18)26(39)38-29(16-35)11-3-12-29)23(10-13-30(32,33)34)37-28(22)41-25(24)17-6-8-20(31)9-7-17/h2,4-9,14-15,21,23H,3,10-13H2,1H3,(H,36,40)(H,38,39). The Morgan fingerprint density at radius 1 is 1.15 bits per heavy atom. The van der Waals surface area contributed by atoms with Crippen LogP contribution in [0.1, 0.15) is 64.3 Å². The van der Waals surface area contributed by atoms with Crippen LogP contribution >= 0.6 is 0 Å². The number of alkyl halides is 3. The van der Waals surface area contributed by atoms with Crippen LogP contribution in [0, 0.1) is 17.1 Å². The summed E-state index contributed by atoms with van der Waals surface area (Å²) in [6, 6.07) is 13.0. The first-order valence-corrected chi connectivity index (χ1v) is 13.1. The van der Waals surface area contributed by atoms with Gasteiger partial charge in [0.2, 0.25) is 5.55 Å². The third-order valence-electron chi connectivity index (χ3n) is 7.56. The summed E-state index contributed by atoms with van der Waals surface area (Å²) in [4.78, 5) is 30.5. The summed E-state index contributed by atoms with van der Waals surface area (Å²) in [5.41, 5.74) is 0.370. The fourth-order valence-electron chi connectivity index (χ4n) is 5.20. The molecule has 2 atom stereocenters. The topological polar surface area (TPSA) is 107 Å². The molecule has 1 aromatic heterocycles. The molecule has 2 heterocycles. The first-order chi connectivity index (χ1) is 19.5. The minimum absolute atomic E-state index is 0.00110. The number of furan rings is 1. The summed E-state index contributed by atoms with van der Waals surface area (Å²) < 4.78 is 59.3. The Balaban J connectivity index is 1.61.